The number of aryl methyl sites for hydroxylation is 3. The SMILES string of the molecule is CCCCc1ccc(-c2c(-c3ccc(OC)cc3)c(-c3ccccc3)c(-c3ccc(C(F)(F)F)cc3)c3cc4c(-c5ccc(Cl)cc5)c(-c5ccc(C)cc5)c(-c5cc(OC)cc(OC)c5)c(-c5cccc(C)c5)c4cc23)cc1. The van der Waals surface area contributed by atoms with Crippen molar-refractivity contribution in [3.63, 3.8) is 0 Å². The maximum absolute atomic E-state index is 14.6. The third kappa shape index (κ3) is 10.3. The van der Waals surface area contributed by atoms with E-state index in [0.29, 0.717) is 27.8 Å². The molecule has 0 fully saturated rings. The Kier molecular flexibility index (Phi) is 14.6. The summed E-state index contributed by atoms with van der Waals surface area (Å²) in [6, 6.07) is 68.9. The van der Waals surface area contributed by atoms with Gasteiger partial charge in [0, 0.05) is 11.1 Å². The number of ether oxygens (including phenoxy) is 3. The van der Waals surface area contributed by atoms with Crippen LogP contribution in [0.15, 0.2) is 206 Å². The summed E-state index contributed by atoms with van der Waals surface area (Å²) in [6.45, 7) is 6.41. The number of halogens is 4. The summed E-state index contributed by atoms with van der Waals surface area (Å²) < 4.78 is 61.7. The van der Waals surface area contributed by atoms with Crippen molar-refractivity contribution < 1.29 is 27.4 Å². The predicted octanol–water partition coefficient (Wildman–Crippen LogP) is 21.0. The van der Waals surface area contributed by atoms with Gasteiger partial charge in [-0.1, -0.05) is 176 Å². The molecular formula is C72H58ClF3O3. The molecule has 0 amide bonds. The molecule has 0 aliphatic carbocycles. The monoisotopic (exact) mass is 1060 g/mol. The van der Waals surface area contributed by atoms with Crippen LogP contribution >= 0.6 is 11.6 Å². The Hall–Kier alpha value is -8.58. The van der Waals surface area contributed by atoms with Gasteiger partial charge < -0.3 is 14.2 Å². The molecule has 0 heterocycles. The van der Waals surface area contributed by atoms with Gasteiger partial charge in [0.05, 0.1) is 26.9 Å². The van der Waals surface area contributed by atoms with E-state index in [1.54, 1.807) is 33.5 Å². The van der Waals surface area contributed by atoms with Crippen LogP contribution in [0.2, 0.25) is 5.02 Å². The zero-order chi connectivity index (χ0) is 55.0. The van der Waals surface area contributed by atoms with Gasteiger partial charge in [0.15, 0.2) is 0 Å². The maximum Gasteiger partial charge on any atom is 0.416 e. The summed E-state index contributed by atoms with van der Waals surface area (Å²) in [7, 11) is 5.00. The average molecular weight is 1060 g/mol. The van der Waals surface area contributed by atoms with Gasteiger partial charge in [0.2, 0.25) is 0 Å². The molecular weight excluding hydrogens is 1010 g/mol. The van der Waals surface area contributed by atoms with Crippen molar-refractivity contribution in [3.05, 3.63) is 234 Å². The second kappa shape index (κ2) is 22.0. The molecule has 0 unspecified atom stereocenters. The number of alkyl halides is 3. The third-order valence-electron chi connectivity index (χ3n) is 15.2. The quantitative estimate of drug-likeness (QED) is 0.102. The van der Waals surface area contributed by atoms with Gasteiger partial charge in [-0.25, -0.2) is 0 Å². The Balaban J connectivity index is 1.46. The fraction of sp³-hybridized carbons (Fsp3) is 0.139. The van der Waals surface area contributed by atoms with E-state index in [0.717, 1.165) is 135 Å². The topological polar surface area (TPSA) is 27.7 Å². The molecule has 0 bridgehead atoms. The average Bonchev–Trinajstić information content (AvgIpc) is 3.16. The number of hydrogen-bond donors (Lipinski definition) is 0. The molecule has 0 N–H and O–H groups in total. The van der Waals surface area contributed by atoms with Crippen LogP contribution in [0.4, 0.5) is 13.2 Å². The van der Waals surface area contributed by atoms with Gasteiger partial charge >= 0.3 is 6.18 Å². The van der Waals surface area contributed by atoms with Gasteiger partial charge in [-0.2, -0.15) is 13.2 Å². The highest BCUT2D eigenvalue weighted by Gasteiger charge is 2.32. The Morgan fingerprint density at radius 1 is 0.367 bits per heavy atom. The minimum Gasteiger partial charge on any atom is -0.497 e. The van der Waals surface area contributed by atoms with Crippen LogP contribution in [0.5, 0.6) is 17.2 Å². The summed E-state index contributed by atoms with van der Waals surface area (Å²) in [6.07, 6.45) is -1.46. The second-order valence-electron chi connectivity index (χ2n) is 20.3. The molecule has 11 aromatic carbocycles. The van der Waals surface area contributed by atoms with Crippen LogP contribution in [-0.2, 0) is 12.6 Å². The van der Waals surface area contributed by atoms with E-state index in [-0.39, 0.29) is 0 Å². The van der Waals surface area contributed by atoms with Crippen LogP contribution in [0.3, 0.4) is 0 Å². The highest BCUT2D eigenvalue weighted by atomic mass is 35.5. The minimum absolute atomic E-state index is 0.595. The van der Waals surface area contributed by atoms with Crippen molar-refractivity contribution >= 4 is 33.1 Å². The van der Waals surface area contributed by atoms with E-state index in [2.05, 4.69) is 154 Å². The molecule has 0 saturated heterocycles. The lowest BCUT2D eigenvalue weighted by Crippen LogP contribution is -2.04. The van der Waals surface area contributed by atoms with E-state index in [1.807, 2.05) is 48.5 Å². The van der Waals surface area contributed by atoms with Crippen molar-refractivity contribution in [2.45, 2.75) is 46.2 Å². The van der Waals surface area contributed by atoms with Gasteiger partial charge in [-0.15, -0.1) is 0 Å². The molecule has 0 aliphatic rings. The molecule has 11 aromatic rings. The first-order chi connectivity index (χ1) is 38.3. The van der Waals surface area contributed by atoms with Crippen molar-refractivity contribution in [2.24, 2.45) is 0 Å². The standard InChI is InChI=1S/C72H58ClF3O3/c1-7-8-14-46-20-24-48(25-21-46)64-61-43-63-62(42-60(61)65(49-26-32-55(33-27-49)72(74,75)76)68(47-15-10-9-11-16-47)69(64)52-30-36-57(77-4)37-31-52)66(50-28-34-56(73)35-29-50)70(51-22-18-44(2)19-23-51)71(67(63)53-17-12-13-45(3)38-53)54-39-58(78-5)41-59(40-54)79-6/h9-13,15-43H,7-8,14H2,1-6H3. The van der Waals surface area contributed by atoms with Crippen LogP contribution < -0.4 is 14.2 Å². The normalized spacial score (nSPS) is 11.6. The van der Waals surface area contributed by atoms with Crippen molar-refractivity contribution in [1.29, 1.82) is 0 Å². The Morgan fingerprint density at radius 2 is 0.785 bits per heavy atom. The summed E-state index contributed by atoms with van der Waals surface area (Å²) >= 11 is 6.77. The number of unbranched alkanes of at least 4 members (excludes halogenated alkanes) is 1. The Labute approximate surface area is 465 Å². The highest BCUT2D eigenvalue weighted by Crippen LogP contribution is 2.57. The summed E-state index contributed by atoms with van der Waals surface area (Å²) in [5, 5.41) is 4.28. The van der Waals surface area contributed by atoms with Crippen LogP contribution in [0, 0.1) is 13.8 Å². The molecule has 0 spiro atoms. The molecule has 3 nitrogen and oxygen atoms in total. The molecule has 0 aliphatic heterocycles. The Bertz CT molecular complexity index is 4000. The van der Waals surface area contributed by atoms with Gasteiger partial charge in [0.25, 0.3) is 0 Å². The molecule has 0 atom stereocenters. The van der Waals surface area contributed by atoms with Gasteiger partial charge in [0.1, 0.15) is 17.2 Å². The van der Waals surface area contributed by atoms with E-state index in [1.165, 1.54) is 17.7 Å². The third-order valence-corrected chi connectivity index (χ3v) is 15.4. The zero-order valence-corrected chi connectivity index (χ0v) is 45.7. The fourth-order valence-electron chi connectivity index (χ4n) is 11.3. The first kappa shape index (κ1) is 52.5. The number of hydrogen-bond acceptors (Lipinski definition) is 3. The largest absolute Gasteiger partial charge is 0.497 e. The lowest BCUT2D eigenvalue weighted by Gasteiger charge is -2.28. The van der Waals surface area contributed by atoms with Crippen molar-refractivity contribution in [2.75, 3.05) is 21.3 Å². The van der Waals surface area contributed by atoms with E-state index < -0.39 is 11.7 Å². The van der Waals surface area contributed by atoms with E-state index in [9.17, 15) is 13.2 Å². The highest BCUT2D eigenvalue weighted by molar-refractivity contribution is 6.31. The first-order valence-corrected chi connectivity index (χ1v) is 27.0. The predicted molar refractivity (Wildman–Crippen MR) is 323 cm³/mol. The van der Waals surface area contributed by atoms with Crippen LogP contribution in [0.1, 0.15) is 42.0 Å². The fourth-order valence-corrected chi connectivity index (χ4v) is 11.4. The summed E-state index contributed by atoms with van der Waals surface area (Å²) in [5.74, 6) is 1.97. The number of rotatable bonds is 14. The smallest absolute Gasteiger partial charge is 0.416 e. The lowest BCUT2D eigenvalue weighted by molar-refractivity contribution is -0.137. The summed E-state index contributed by atoms with van der Waals surface area (Å²) in [5.41, 5.74) is 17.4. The maximum atomic E-state index is 14.6. The number of methoxy groups -OCH3 is 3. The molecule has 7 heteroatoms. The van der Waals surface area contributed by atoms with Crippen LogP contribution in [0.25, 0.3) is 111 Å². The number of benzene rings is 11. The first-order valence-electron chi connectivity index (χ1n) is 26.6. The van der Waals surface area contributed by atoms with E-state index in [4.69, 9.17) is 25.8 Å². The summed E-state index contributed by atoms with van der Waals surface area (Å²) in [4.78, 5) is 0. The molecule has 0 aromatic heterocycles. The zero-order valence-electron chi connectivity index (χ0n) is 45.0. The second-order valence-corrected chi connectivity index (χ2v) is 20.7. The molecule has 11 rings (SSSR count). The molecule has 0 radical (unpaired) electrons. The minimum atomic E-state index is -4.54. The van der Waals surface area contributed by atoms with Gasteiger partial charge in [-0.05, 0) is 203 Å². The molecule has 392 valence electrons. The van der Waals surface area contributed by atoms with Crippen LogP contribution in [-0.4, -0.2) is 21.3 Å². The number of fused-ring (bicyclic) bond motifs is 2. The van der Waals surface area contributed by atoms with E-state index >= 15 is 0 Å². The molecule has 0 saturated carbocycles. The van der Waals surface area contributed by atoms with Gasteiger partial charge in [-0.3, -0.25) is 0 Å². The molecule has 79 heavy (non-hydrogen) atoms. The van der Waals surface area contributed by atoms with Crippen molar-refractivity contribution in [3.8, 4) is 106 Å². The van der Waals surface area contributed by atoms with Crippen molar-refractivity contribution in [1.82, 2.24) is 0 Å². The lowest BCUT2D eigenvalue weighted by atomic mass is 9.75. The Morgan fingerprint density at radius 3 is 1.27 bits per heavy atom.